The van der Waals surface area contributed by atoms with Gasteiger partial charge >= 0.3 is 0 Å². The predicted octanol–water partition coefficient (Wildman–Crippen LogP) is 2.81. The fourth-order valence-electron chi connectivity index (χ4n) is 0.625. The second kappa shape index (κ2) is 11.9. The van der Waals surface area contributed by atoms with E-state index in [1.165, 1.54) is 25.9 Å². The van der Waals surface area contributed by atoms with Gasteiger partial charge in [-0.2, -0.15) is 0 Å². The number of nitrogens with one attached hydrogen (secondary N) is 1. The molecule has 2 N–H and O–H groups in total. The second-order valence-electron chi connectivity index (χ2n) is 3.63. The SMILES string of the molecule is C.C1CCNC1.CC.CC(C)(C)O. The molecule has 0 atom stereocenters. The highest BCUT2D eigenvalue weighted by molar-refractivity contribution is 4.55. The summed E-state index contributed by atoms with van der Waals surface area (Å²) < 4.78 is 0. The molecule has 1 aliphatic heterocycles. The van der Waals surface area contributed by atoms with Crippen LogP contribution in [0.4, 0.5) is 0 Å². The van der Waals surface area contributed by atoms with Crippen molar-refractivity contribution in [3.8, 4) is 0 Å². The van der Waals surface area contributed by atoms with Gasteiger partial charge in [0.25, 0.3) is 0 Å². The van der Waals surface area contributed by atoms with Crippen molar-refractivity contribution in [2.24, 2.45) is 0 Å². The first-order valence-corrected chi connectivity index (χ1v) is 4.93. The summed E-state index contributed by atoms with van der Waals surface area (Å²) in [4.78, 5) is 0. The molecule has 0 aromatic rings. The zero-order valence-electron chi connectivity index (χ0n) is 9.28. The Labute approximate surface area is 84.7 Å². The average molecular weight is 191 g/mol. The highest BCUT2D eigenvalue weighted by Gasteiger charge is 1.97. The van der Waals surface area contributed by atoms with Crippen LogP contribution in [0.15, 0.2) is 0 Å². The number of rotatable bonds is 0. The molecule has 2 heteroatoms. The van der Waals surface area contributed by atoms with E-state index in [0.717, 1.165) is 0 Å². The molecule has 0 radical (unpaired) electrons. The van der Waals surface area contributed by atoms with Crippen LogP contribution in [0.1, 0.15) is 54.9 Å². The lowest BCUT2D eigenvalue weighted by molar-refractivity contribution is 0.102. The van der Waals surface area contributed by atoms with Crippen molar-refractivity contribution in [3.63, 3.8) is 0 Å². The van der Waals surface area contributed by atoms with E-state index in [1.807, 2.05) is 13.8 Å². The molecular weight excluding hydrogens is 162 g/mol. The van der Waals surface area contributed by atoms with E-state index in [1.54, 1.807) is 20.8 Å². The Hall–Kier alpha value is -0.0800. The second-order valence-corrected chi connectivity index (χ2v) is 3.63. The van der Waals surface area contributed by atoms with Crippen LogP contribution in [0.2, 0.25) is 0 Å². The Morgan fingerprint density at radius 3 is 1.31 bits per heavy atom. The summed E-state index contributed by atoms with van der Waals surface area (Å²) in [6.45, 7) is 11.7. The molecule has 0 unspecified atom stereocenters. The van der Waals surface area contributed by atoms with Crippen LogP contribution >= 0.6 is 0 Å². The normalized spacial score (nSPS) is 14.3. The summed E-state index contributed by atoms with van der Waals surface area (Å²) in [6, 6.07) is 0. The molecule has 84 valence electrons. The van der Waals surface area contributed by atoms with Gasteiger partial charge in [-0.3, -0.25) is 0 Å². The molecule has 1 heterocycles. The van der Waals surface area contributed by atoms with Crippen LogP contribution in [0.25, 0.3) is 0 Å². The van der Waals surface area contributed by atoms with Crippen LogP contribution in [0.5, 0.6) is 0 Å². The summed E-state index contributed by atoms with van der Waals surface area (Å²) in [5.74, 6) is 0. The van der Waals surface area contributed by atoms with Crippen molar-refractivity contribution in [1.82, 2.24) is 5.32 Å². The van der Waals surface area contributed by atoms with Gasteiger partial charge in [0.15, 0.2) is 0 Å². The average Bonchev–Trinajstić information content (AvgIpc) is 2.41. The minimum Gasteiger partial charge on any atom is -0.391 e. The first-order chi connectivity index (χ1) is 5.50. The monoisotopic (exact) mass is 191 g/mol. The molecule has 2 nitrogen and oxygen atoms in total. The van der Waals surface area contributed by atoms with E-state index in [9.17, 15) is 0 Å². The lowest BCUT2D eigenvalue weighted by atomic mass is 10.2. The Bertz CT molecular complexity index is 59.0. The molecule has 0 amide bonds. The largest absolute Gasteiger partial charge is 0.391 e. The maximum atomic E-state index is 8.52. The van der Waals surface area contributed by atoms with Gasteiger partial charge in [-0.25, -0.2) is 0 Å². The molecule has 1 saturated heterocycles. The Kier molecular flexibility index (Phi) is 17.1. The van der Waals surface area contributed by atoms with Crippen LogP contribution in [-0.2, 0) is 0 Å². The summed E-state index contributed by atoms with van der Waals surface area (Å²) in [6.07, 6.45) is 2.78. The highest BCUT2D eigenvalue weighted by Crippen LogP contribution is 1.93. The van der Waals surface area contributed by atoms with Gasteiger partial charge in [-0.1, -0.05) is 21.3 Å². The minimum absolute atomic E-state index is 0. The van der Waals surface area contributed by atoms with E-state index in [2.05, 4.69) is 5.32 Å². The van der Waals surface area contributed by atoms with Crippen LogP contribution in [0, 0.1) is 0 Å². The third-order valence-electron chi connectivity index (χ3n) is 0.957. The van der Waals surface area contributed by atoms with E-state index in [-0.39, 0.29) is 7.43 Å². The molecule has 0 aromatic heterocycles. The summed E-state index contributed by atoms with van der Waals surface area (Å²) in [7, 11) is 0. The Morgan fingerprint density at radius 1 is 1.00 bits per heavy atom. The Balaban J connectivity index is -0.000000122. The van der Waals surface area contributed by atoms with Gasteiger partial charge in [0, 0.05) is 0 Å². The van der Waals surface area contributed by atoms with Crippen LogP contribution < -0.4 is 5.32 Å². The van der Waals surface area contributed by atoms with E-state index in [0.29, 0.717) is 0 Å². The van der Waals surface area contributed by atoms with Gasteiger partial charge in [0.05, 0.1) is 5.60 Å². The number of aliphatic hydroxyl groups is 1. The third kappa shape index (κ3) is 48.5. The molecule has 0 spiro atoms. The fourth-order valence-corrected chi connectivity index (χ4v) is 0.625. The van der Waals surface area contributed by atoms with Crippen LogP contribution in [0.3, 0.4) is 0 Å². The van der Waals surface area contributed by atoms with Crippen molar-refractivity contribution < 1.29 is 5.11 Å². The number of hydrogen-bond acceptors (Lipinski definition) is 2. The van der Waals surface area contributed by atoms with Crippen molar-refractivity contribution in [2.45, 2.75) is 60.5 Å². The Morgan fingerprint density at radius 2 is 1.23 bits per heavy atom. The molecule has 1 aliphatic rings. The quantitative estimate of drug-likeness (QED) is 0.617. The smallest absolute Gasteiger partial charge is 0.0563 e. The molecular formula is C11H29NO. The van der Waals surface area contributed by atoms with Gasteiger partial charge in [0.1, 0.15) is 0 Å². The van der Waals surface area contributed by atoms with Crippen molar-refractivity contribution in [2.75, 3.05) is 13.1 Å². The number of hydrogen-bond donors (Lipinski definition) is 2. The molecule has 1 rings (SSSR count). The van der Waals surface area contributed by atoms with Gasteiger partial charge in [-0.05, 0) is 46.7 Å². The summed E-state index contributed by atoms with van der Waals surface area (Å²) >= 11 is 0. The van der Waals surface area contributed by atoms with Crippen molar-refractivity contribution in [3.05, 3.63) is 0 Å². The van der Waals surface area contributed by atoms with Crippen molar-refractivity contribution in [1.29, 1.82) is 0 Å². The highest BCUT2D eigenvalue weighted by atomic mass is 16.3. The molecule has 0 aliphatic carbocycles. The van der Waals surface area contributed by atoms with Gasteiger partial charge in [-0.15, -0.1) is 0 Å². The lowest BCUT2D eigenvalue weighted by Gasteiger charge is -2.04. The minimum atomic E-state index is -0.500. The van der Waals surface area contributed by atoms with Crippen LogP contribution in [-0.4, -0.2) is 23.8 Å². The maximum Gasteiger partial charge on any atom is 0.0563 e. The lowest BCUT2D eigenvalue weighted by Crippen LogP contribution is -2.10. The van der Waals surface area contributed by atoms with E-state index in [4.69, 9.17) is 5.11 Å². The van der Waals surface area contributed by atoms with E-state index < -0.39 is 5.60 Å². The molecule has 0 saturated carbocycles. The van der Waals surface area contributed by atoms with Gasteiger partial charge < -0.3 is 10.4 Å². The fraction of sp³-hybridized carbons (Fsp3) is 1.00. The molecule has 0 aromatic carbocycles. The first kappa shape index (κ1) is 18.7. The van der Waals surface area contributed by atoms with Crippen molar-refractivity contribution >= 4 is 0 Å². The van der Waals surface area contributed by atoms with Gasteiger partial charge in [0.2, 0.25) is 0 Å². The third-order valence-corrected chi connectivity index (χ3v) is 0.957. The predicted molar refractivity (Wildman–Crippen MR) is 62.2 cm³/mol. The zero-order chi connectivity index (χ0) is 10.0. The zero-order valence-corrected chi connectivity index (χ0v) is 9.28. The topological polar surface area (TPSA) is 32.3 Å². The van der Waals surface area contributed by atoms with E-state index >= 15 is 0 Å². The summed E-state index contributed by atoms with van der Waals surface area (Å²) in [5, 5.41) is 11.7. The standard InChI is InChI=1S/C4H9N.C4H10O.C2H6.CH4/c1-2-4-5-3-1;1-4(2,3)5;1-2;/h5H,1-4H2;5H,1-3H3;1-2H3;1H4. The summed E-state index contributed by atoms with van der Waals surface area (Å²) in [5.41, 5.74) is -0.500. The first-order valence-electron chi connectivity index (χ1n) is 4.93. The molecule has 13 heavy (non-hydrogen) atoms. The molecule has 0 bridgehead atoms. The molecule has 1 fully saturated rings. The maximum absolute atomic E-state index is 8.52.